The van der Waals surface area contributed by atoms with Gasteiger partial charge in [-0.15, -0.1) is 0 Å². The first-order chi connectivity index (χ1) is 8.95. The Labute approximate surface area is 132 Å². The lowest BCUT2D eigenvalue weighted by atomic mass is 10.0. The number of rotatable bonds is 3. The Hall–Kier alpha value is -0.420. The normalized spacial score (nSPS) is 12.5. The molecule has 19 heavy (non-hydrogen) atoms. The highest BCUT2D eigenvalue weighted by Crippen LogP contribution is 2.27. The largest absolute Gasteiger partial charge is 0.388 e. The number of hydrogen-bond acceptors (Lipinski definition) is 1. The van der Waals surface area contributed by atoms with Gasteiger partial charge in [0.25, 0.3) is 0 Å². The van der Waals surface area contributed by atoms with E-state index in [9.17, 15) is 9.50 Å². The minimum Gasteiger partial charge on any atom is -0.388 e. The Kier molecular flexibility index (Phi) is 5.01. The van der Waals surface area contributed by atoms with Crippen molar-refractivity contribution in [3.63, 3.8) is 0 Å². The number of aliphatic hydroxyl groups is 1. The van der Waals surface area contributed by atoms with E-state index in [1.807, 2.05) is 0 Å². The average molecular weight is 408 g/mol. The van der Waals surface area contributed by atoms with E-state index in [2.05, 4.69) is 31.9 Å². The molecule has 0 bridgehead atoms. The smallest absolute Gasteiger partial charge is 0.127 e. The molecule has 0 aliphatic rings. The summed E-state index contributed by atoms with van der Waals surface area (Å²) in [5.74, 6) is -0.338. The highest BCUT2D eigenvalue weighted by atomic mass is 79.9. The summed E-state index contributed by atoms with van der Waals surface area (Å²) >= 11 is 12.4. The first kappa shape index (κ1) is 15.0. The molecule has 0 aromatic heterocycles. The maximum absolute atomic E-state index is 13.7. The van der Waals surface area contributed by atoms with Gasteiger partial charge < -0.3 is 5.11 Å². The van der Waals surface area contributed by atoms with Crippen molar-refractivity contribution in [2.45, 2.75) is 12.5 Å². The average Bonchev–Trinajstić information content (AvgIpc) is 2.31. The standard InChI is InChI=1S/C14H10Br2ClFO/c15-10-2-1-8(13(18)7-10)5-14(19)9-3-11(16)6-12(17)4-9/h1-4,6-7,14,19H,5H2. The topological polar surface area (TPSA) is 20.2 Å². The van der Waals surface area contributed by atoms with E-state index < -0.39 is 6.10 Å². The maximum atomic E-state index is 13.7. The summed E-state index contributed by atoms with van der Waals surface area (Å²) in [5.41, 5.74) is 1.12. The molecule has 2 aromatic rings. The highest BCUT2D eigenvalue weighted by Gasteiger charge is 2.13. The minimum absolute atomic E-state index is 0.200. The van der Waals surface area contributed by atoms with Crippen LogP contribution in [-0.4, -0.2) is 5.11 Å². The van der Waals surface area contributed by atoms with Gasteiger partial charge in [-0.05, 0) is 41.5 Å². The molecule has 0 heterocycles. The van der Waals surface area contributed by atoms with Gasteiger partial charge in [0.05, 0.1) is 6.10 Å². The van der Waals surface area contributed by atoms with E-state index in [-0.39, 0.29) is 12.2 Å². The van der Waals surface area contributed by atoms with Gasteiger partial charge in [0.15, 0.2) is 0 Å². The molecule has 0 aliphatic heterocycles. The summed E-state index contributed by atoms with van der Waals surface area (Å²) in [6.45, 7) is 0. The first-order valence-corrected chi connectivity index (χ1v) is 7.50. The van der Waals surface area contributed by atoms with Gasteiger partial charge in [0.2, 0.25) is 0 Å². The lowest BCUT2D eigenvalue weighted by molar-refractivity contribution is 0.177. The van der Waals surface area contributed by atoms with Crippen molar-refractivity contribution in [3.8, 4) is 0 Å². The monoisotopic (exact) mass is 406 g/mol. The molecule has 0 fully saturated rings. The zero-order valence-corrected chi connectivity index (χ0v) is 13.6. The molecular weight excluding hydrogens is 398 g/mol. The van der Waals surface area contributed by atoms with Gasteiger partial charge in [-0.3, -0.25) is 0 Å². The second kappa shape index (κ2) is 6.35. The summed E-state index contributed by atoms with van der Waals surface area (Å²) in [6, 6.07) is 9.97. The zero-order valence-electron chi connectivity index (χ0n) is 9.71. The van der Waals surface area contributed by atoms with Crippen molar-refractivity contribution in [2.24, 2.45) is 0 Å². The SMILES string of the molecule is OC(Cc1ccc(Br)cc1F)c1cc(Cl)cc(Br)c1. The molecule has 0 saturated heterocycles. The van der Waals surface area contributed by atoms with Gasteiger partial charge in [0.1, 0.15) is 5.82 Å². The minimum atomic E-state index is -0.800. The number of aliphatic hydroxyl groups excluding tert-OH is 1. The second-order valence-corrected chi connectivity index (χ2v) is 6.43. The van der Waals surface area contributed by atoms with E-state index in [1.54, 1.807) is 30.3 Å². The molecule has 0 spiro atoms. The molecule has 2 aromatic carbocycles. The second-order valence-electron chi connectivity index (χ2n) is 4.16. The Morgan fingerprint density at radius 2 is 1.84 bits per heavy atom. The predicted molar refractivity (Wildman–Crippen MR) is 81.9 cm³/mol. The van der Waals surface area contributed by atoms with Crippen LogP contribution in [0, 0.1) is 5.82 Å². The third-order valence-corrected chi connectivity index (χ3v) is 3.87. The lowest BCUT2D eigenvalue weighted by Crippen LogP contribution is -2.03. The van der Waals surface area contributed by atoms with Crippen molar-refractivity contribution < 1.29 is 9.50 Å². The fourth-order valence-electron chi connectivity index (χ4n) is 1.78. The number of halogens is 4. The van der Waals surface area contributed by atoms with Crippen LogP contribution in [-0.2, 0) is 6.42 Å². The molecule has 0 saturated carbocycles. The zero-order chi connectivity index (χ0) is 14.0. The van der Waals surface area contributed by atoms with Gasteiger partial charge >= 0.3 is 0 Å². The third-order valence-electron chi connectivity index (χ3n) is 2.70. The van der Waals surface area contributed by atoms with Crippen LogP contribution in [0.1, 0.15) is 17.2 Å². The molecule has 1 unspecified atom stereocenters. The van der Waals surface area contributed by atoms with Crippen LogP contribution in [0.4, 0.5) is 4.39 Å². The fourth-order valence-corrected chi connectivity index (χ4v) is 3.00. The van der Waals surface area contributed by atoms with Gasteiger partial charge in [-0.1, -0.05) is 49.5 Å². The van der Waals surface area contributed by atoms with Crippen molar-refractivity contribution in [1.29, 1.82) is 0 Å². The molecule has 1 nitrogen and oxygen atoms in total. The summed E-state index contributed by atoms with van der Waals surface area (Å²) in [4.78, 5) is 0. The first-order valence-electron chi connectivity index (χ1n) is 5.53. The lowest BCUT2D eigenvalue weighted by Gasteiger charge is -2.13. The van der Waals surface area contributed by atoms with Gasteiger partial charge in [-0.2, -0.15) is 0 Å². The predicted octanol–water partition coefficient (Wildman–Crippen LogP) is 5.28. The fraction of sp³-hybridized carbons (Fsp3) is 0.143. The van der Waals surface area contributed by atoms with Crippen molar-refractivity contribution in [3.05, 3.63) is 67.3 Å². The van der Waals surface area contributed by atoms with Gasteiger partial charge in [0, 0.05) is 20.4 Å². The van der Waals surface area contributed by atoms with Crippen LogP contribution in [0.5, 0.6) is 0 Å². The summed E-state index contributed by atoms with van der Waals surface area (Å²) in [7, 11) is 0. The van der Waals surface area contributed by atoms with E-state index in [1.165, 1.54) is 6.07 Å². The number of benzene rings is 2. The van der Waals surface area contributed by atoms with Crippen LogP contribution in [0.25, 0.3) is 0 Å². The van der Waals surface area contributed by atoms with Crippen LogP contribution >= 0.6 is 43.5 Å². The van der Waals surface area contributed by atoms with E-state index in [4.69, 9.17) is 11.6 Å². The molecule has 0 aliphatic carbocycles. The summed E-state index contributed by atoms with van der Waals surface area (Å²) < 4.78 is 15.2. The maximum Gasteiger partial charge on any atom is 0.127 e. The Morgan fingerprint density at radius 3 is 2.47 bits per heavy atom. The van der Waals surface area contributed by atoms with Crippen molar-refractivity contribution in [1.82, 2.24) is 0 Å². The quantitative estimate of drug-likeness (QED) is 0.733. The molecule has 0 amide bonds. The molecule has 100 valence electrons. The van der Waals surface area contributed by atoms with Crippen LogP contribution in [0.3, 0.4) is 0 Å². The van der Waals surface area contributed by atoms with Crippen LogP contribution in [0.15, 0.2) is 45.3 Å². The van der Waals surface area contributed by atoms with E-state index >= 15 is 0 Å². The van der Waals surface area contributed by atoms with Crippen LogP contribution in [0.2, 0.25) is 5.02 Å². The number of hydrogen-bond donors (Lipinski definition) is 1. The molecule has 2 rings (SSSR count). The Balaban J connectivity index is 2.22. The van der Waals surface area contributed by atoms with E-state index in [0.717, 1.165) is 4.47 Å². The summed E-state index contributed by atoms with van der Waals surface area (Å²) in [6.07, 6.45) is -0.600. The van der Waals surface area contributed by atoms with Crippen LogP contribution < -0.4 is 0 Å². The molecule has 1 N–H and O–H groups in total. The van der Waals surface area contributed by atoms with E-state index in [0.29, 0.717) is 20.6 Å². The third kappa shape index (κ3) is 4.02. The molecule has 0 radical (unpaired) electrons. The highest BCUT2D eigenvalue weighted by molar-refractivity contribution is 9.10. The van der Waals surface area contributed by atoms with Crippen molar-refractivity contribution in [2.75, 3.05) is 0 Å². The molecule has 5 heteroatoms. The Morgan fingerprint density at radius 1 is 1.11 bits per heavy atom. The molecular formula is C14H10Br2ClFO. The Bertz CT molecular complexity index is 584. The summed E-state index contributed by atoms with van der Waals surface area (Å²) in [5, 5.41) is 10.7. The van der Waals surface area contributed by atoms with Gasteiger partial charge in [-0.25, -0.2) is 4.39 Å². The van der Waals surface area contributed by atoms with Crippen molar-refractivity contribution >= 4 is 43.5 Å². The molecule has 1 atom stereocenters.